The molecule has 1 fully saturated rings. The molecule has 1 aliphatic carbocycles. The first-order chi connectivity index (χ1) is 14.8. The summed E-state index contributed by atoms with van der Waals surface area (Å²) in [7, 11) is -1.13. The molecule has 0 atom stereocenters. The minimum absolute atomic E-state index is 0.266. The van der Waals surface area contributed by atoms with Crippen LogP contribution in [0.1, 0.15) is 24.5 Å². The van der Waals surface area contributed by atoms with E-state index in [4.69, 9.17) is 21.3 Å². The molecule has 0 bridgehead atoms. The van der Waals surface area contributed by atoms with Crippen molar-refractivity contribution in [2.45, 2.75) is 64.6 Å². The van der Waals surface area contributed by atoms with E-state index in [9.17, 15) is 5.26 Å². The van der Waals surface area contributed by atoms with E-state index in [1.807, 2.05) is 29.7 Å². The maximum absolute atomic E-state index is 9.51. The summed E-state index contributed by atoms with van der Waals surface area (Å²) in [5, 5.41) is 18.2. The van der Waals surface area contributed by atoms with Gasteiger partial charge in [-0.05, 0) is 44.0 Å². The molecule has 9 heteroatoms. The van der Waals surface area contributed by atoms with E-state index in [-0.39, 0.29) is 5.41 Å². The lowest BCUT2D eigenvalue weighted by Gasteiger charge is -2.16. The van der Waals surface area contributed by atoms with Gasteiger partial charge in [-0.15, -0.1) is 21.8 Å². The van der Waals surface area contributed by atoms with E-state index < -0.39 is 8.07 Å². The van der Waals surface area contributed by atoms with Crippen LogP contribution in [0.25, 0.3) is 22.4 Å². The van der Waals surface area contributed by atoms with Gasteiger partial charge in [0, 0.05) is 26.8 Å². The quantitative estimate of drug-likeness (QED) is 0.258. The molecular formula is C22H29ClN6OSi. The minimum Gasteiger partial charge on any atom is -0.361 e. The number of rotatable bonds is 9. The van der Waals surface area contributed by atoms with Gasteiger partial charge in [-0.25, -0.2) is 4.98 Å². The number of ether oxygens (including phenoxy) is 1. The number of aromatic nitrogens is 5. The van der Waals surface area contributed by atoms with Crippen LogP contribution in [0.4, 0.5) is 0 Å². The summed E-state index contributed by atoms with van der Waals surface area (Å²) in [4.78, 5) is 4.74. The lowest BCUT2D eigenvalue weighted by molar-refractivity contribution is 0.0867. The molecule has 4 rings (SSSR count). The van der Waals surface area contributed by atoms with Gasteiger partial charge in [0.25, 0.3) is 0 Å². The number of nitrogens with zero attached hydrogens (tertiary/aromatic N) is 6. The third-order valence-corrected chi connectivity index (χ3v) is 7.85. The molecule has 0 spiro atoms. The van der Waals surface area contributed by atoms with Gasteiger partial charge >= 0.3 is 0 Å². The van der Waals surface area contributed by atoms with Gasteiger partial charge in [-0.1, -0.05) is 19.6 Å². The minimum atomic E-state index is -1.13. The van der Waals surface area contributed by atoms with Crippen molar-refractivity contribution in [1.29, 1.82) is 5.26 Å². The first kappa shape index (κ1) is 22.0. The number of hydrogen-bond acceptors (Lipinski definition) is 5. The zero-order valence-electron chi connectivity index (χ0n) is 18.7. The van der Waals surface area contributed by atoms with Crippen LogP contribution in [0.3, 0.4) is 0 Å². The van der Waals surface area contributed by atoms with E-state index in [1.54, 1.807) is 0 Å². The topological polar surface area (TPSA) is 81.5 Å². The molecule has 1 aromatic carbocycles. The van der Waals surface area contributed by atoms with Gasteiger partial charge in [-0.2, -0.15) is 5.26 Å². The predicted octanol–water partition coefficient (Wildman–Crippen LogP) is 4.96. The fourth-order valence-electron chi connectivity index (χ4n) is 3.64. The average Bonchev–Trinajstić information content (AvgIpc) is 3.29. The van der Waals surface area contributed by atoms with Crippen LogP contribution in [0.2, 0.25) is 25.7 Å². The van der Waals surface area contributed by atoms with E-state index in [1.165, 1.54) is 0 Å². The van der Waals surface area contributed by atoms with Crippen molar-refractivity contribution in [2.75, 3.05) is 6.61 Å². The Hall–Kier alpha value is -2.21. The molecule has 3 aromatic rings. The van der Waals surface area contributed by atoms with Crippen LogP contribution in [0.15, 0.2) is 18.2 Å². The molecule has 0 amide bonds. The molecule has 1 aliphatic rings. The zero-order valence-corrected chi connectivity index (χ0v) is 20.4. The fourth-order valence-corrected chi connectivity index (χ4v) is 4.60. The van der Waals surface area contributed by atoms with Crippen LogP contribution >= 0.6 is 11.6 Å². The summed E-state index contributed by atoms with van der Waals surface area (Å²) in [6.45, 7) is 10.8. The first-order valence-corrected chi connectivity index (χ1v) is 14.9. The molecule has 0 N–H and O–H groups in total. The van der Waals surface area contributed by atoms with Gasteiger partial charge < -0.3 is 9.30 Å². The van der Waals surface area contributed by atoms with E-state index in [0.717, 1.165) is 59.6 Å². The maximum atomic E-state index is 9.51. The Morgan fingerprint density at radius 2 is 2.00 bits per heavy atom. The number of hydrogen-bond donors (Lipinski definition) is 0. The SMILES string of the molecule is Cc1nnc(-c2ccc3c(c2)nc(CCl)n3CC2(C#N)CC2)n1COCC[Si](C)(C)C. The van der Waals surface area contributed by atoms with E-state index in [0.29, 0.717) is 19.2 Å². The Bertz CT molecular complexity index is 1140. The largest absolute Gasteiger partial charge is 0.361 e. The molecule has 7 nitrogen and oxygen atoms in total. The van der Waals surface area contributed by atoms with Crippen LogP contribution in [0, 0.1) is 23.7 Å². The van der Waals surface area contributed by atoms with Gasteiger partial charge in [0.15, 0.2) is 5.82 Å². The normalized spacial score (nSPS) is 15.4. The van der Waals surface area contributed by atoms with Crippen molar-refractivity contribution < 1.29 is 4.74 Å². The van der Waals surface area contributed by atoms with E-state index in [2.05, 4.69) is 40.5 Å². The molecule has 0 saturated heterocycles. The third-order valence-electron chi connectivity index (χ3n) is 5.91. The highest BCUT2D eigenvalue weighted by Crippen LogP contribution is 2.47. The van der Waals surface area contributed by atoms with Crippen molar-refractivity contribution in [3.05, 3.63) is 29.8 Å². The van der Waals surface area contributed by atoms with Gasteiger partial charge in [-0.3, -0.25) is 4.57 Å². The summed E-state index contributed by atoms with van der Waals surface area (Å²) in [6, 6.07) is 9.69. The van der Waals surface area contributed by atoms with E-state index >= 15 is 0 Å². The Balaban J connectivity index is 1.60. The molecule has 0 radical (unpaired) electrons. The van der Waals surface area contributed by atoms with Crippen molar-refractivity contribution in [2.24, 2.45) is 5.41 Å². The standard InChI is InChI=1S/C22H29ClN6OSi/c1-16-26-27-21(29(16)15-30-9-10-31(2,3)4)17-5-6-19-18(11-17)25-20(12-23)28(19)14-22(13-24)7-8-22/h5-6,11H,7-10,12,14-15H2,1-4H3. The van der Waals surface area contributed by atoms with Crippen LogP contribution < -0.4 is 0 Å². The molecule has 1 saturated carbocycles. The van der Waals surface area contributed by atoms with Crippen molar-refractivity contribution in [1.82, 2.24) is 24.3 Å². The van der Waals surface area contributed by atoms with Gasteiger partial charge in [0.1, 0.15) is 18.4 Å². The Labute approximate surface area is 189 Å². The molecular weight excluding hydrogens is 428 g/mol. The highest BCUT2D eigenvalue weighted by Gasteiger charge is 2.44. The predicted molar refractivity (Wildman–Crippen MR) is 124 cm³/mol. The first-order valence-electron chi connectivity index (χ1n) is 10.7. The number of nitriles is 1. The monoisotopic (exact) mass is 456 g/mol. The number of fused-ring (bicyclic) bond motifs is 1. The highest BCUT2D eigenvalue weighted by atomic mass is 35.5. The number of halogens is 1. The second-order valence-electron chi connectivity index (χ2n) is 9.69. The lowest BCUT2D eigenvalue weighted by Crippen LogP contribution is -2.22. The second kappa shape index (κ2) is 8.38. The van der Waals surface area contributed by atoms with Gasteiger partial charge in [0.05, 0.1) is 28.4 Å². The number of aryl methyl sites for hydroxylation is 1. The van der Waals surface area contributed by atoms with Crippen LogP contribution in [-0.2, 0) is 23.9 Å². The molecule has 0 unspecified atom stereocenters. The lowest BCUT2D eigenvalue weighted by atomic mass is 10.1. The van der Waals surface area contributed by atoms with Crippen molar-refractivity contribution in [3.63, 3.8) is 0 Å². The third kappa shape index (κ3) is 4.69. The summed E-state index contributed by atoms with van der Waals surface area (Å²) < 4.78 is 10.0. The molecule has 31 heavy (non-hydrogen) atoms. The molecule has 0 aliphatic heterocycles. The summed E-state index contributed by atoms with van der Waals surface area (Å²) in [6.07, 6.45) is 1.87. The number of alkyl halides is 1. The highest BCUT2D eigenvalue weighted by molar-refractivity contribution is 6.76. The summed E-state index contributed by atoms with van der Waals surface area (Å²) >= 11 is 6.18. The summed E-state index contributed by atoms with van der Waals surface area (Å²) in [5.74, 6) is 2.69. The number of benzene rings is 1. The maximum Gasteiger partial charge on any atom is 0.165 e. The fraction of sp³-hybridized carbons (Fsp3) is 0.545. The van der Waals surface area contributed by atoms with Crippen molar-refractivity contribution in [3.8, 4) is 17.5 Å². The second-order valence-corrected chi connectivity index (χ2v) is 15.6. The van der Waals surface area contributed by atoms with Crippen LogP contribution in [0.5, 0.6) is 0 Å². The molecule has 164 valence electrons. The molecule has 2 heterocycles. The van der Waals surface area contributed by atoms with Gasteiger partial charge in [0.2, 0.25) is 0 Å². The summed E-state index contributed by atoms with van der Waals surface area (Å²) in [5.41, 5.74) is 2.52. The zero-order chi connectivity index (χ0) is 22.2. The van der Waals surface area contributed by atoms with Crippen LogP contribution in [-0.4, -0.2) is 39.0 Å². The van der Waals surface area contributed by atoms with Crippen molar-refractivity contribution >= 4 is 30.7 Å². The average molecular weight is 457 g/mol. The molecule has 2 aromatic heterocycles. The Morgan fingerprint density at radius 3 is 2.65 bits per heavy atom. The Kier molecular flexibility index (Phi) is 5.94. The smallest absolute Gasteiger partial charge is 0.165 e. The Morgan fingerprint density at radius 1 is 1.23 bits per heavy atom. The number of imidazole rings is 1.